The lowest BCUT2D eigenvalue weighted by Crippen LogP contribution is -2.41. The van der Waals surface area contributed by atoms with Crippen LogP contribution in [0.1, 0.15) is 24.2 Å². The van der Waals surface area contributed by atoms with E-state index in [9.17, 15) is 4.79 Å². The Labute approximate surface area is 153 Å². The Hall–Kier alpha value is -2.01. The van der Waals surface area contributed by atoms with Gasteiger partial charge in [-0.15, -0.1) is 0 Å². The Balaban J connectivity index is 1.44. The average Bonchev–Trinajstić information content (AvgIpc) is 2.92. The number of piperidine rings is 1. The molecule has 0 bridgehead atoms. The SMILES string of the molecule is Cc1cc(C)n(CC2CCN(C(=O)COc3ccc(Cl)cc3)CC2)n1. The number of aryl methyl sites for hydroxylation is 2. The number of halogens is 1. The molecule has 25 heavy (non-hydrogen) atoms. The van der Waals surface area contributed by atoms with Gasteiger partial charge in [0.2, 0.25) is 0 Å². The number of rotatable bonds is 5. The summed E-state index contributed by atoms with van der Waals surface area (Å²) in [6.45, 7) is 6.69. The molecule has 0 saturated carbocycles. The highest BCUT2D eigenvalue weighted by atomic mass is 35.5. The molecule has 134 valence electrons. The summed E-state index contributed by atoms with van der Waals surface area (Å²) in [5.74, 6) is 1.27. The van der Waals surface area contributed by atoms with Crippen LogP contribution in [-0.4, -0.2) is 40.3 Å². The van der Waals surface area contributed by atoms with Gasteiger partial charge in [-0.25, -0.2) is 0 Å². The second-order valence-corrected chi connectivity index (χ2v) is 7.11. The molecule has 1 aromatic carbocycles. The largest absolute Gasteiger partial charge is 0.484 e. The molecule has 2 heterocycles. The minimum atomic E-state index is 0.0412. The van der Waals surface area contributed by atoms with Gasteiger partial charge in [0.1, 0.15) is 5.75 Å². The van der Waals surface area contributed by atoms with E-state index in [2.05, 4.69) is 22.8 Å². The topological polar surface area (TPSA) is 47.4 Å². The Bertz CT molecular complexity index is 719. The van der Waals surface area contributed by atoms with E-state index in [4.69, 9.17) is 16.3 Å². The molecule has 1 aromatic heterocycles. The van der Waals surface area contributed by atoms with E-state index in [1.807, 2.05) is 11.8 Å². The second kappa shape index (κ2) is 7.91. The number of carbonyl (C=O) groups excluding carboxylic acids is 1. The molecule has 1 saturated heterocycles. The van der Waals surface area contributed by atoms with Gasteiger partial charge in [0.15, 0.2) is 6.61 Å². The molecule has 0 N–H and O–H groups in total. The first-order valence-corrected chi connectivity index (χ1v) is 9.06. The van der Waals surface area contributed by atoms with Crippen molar-refractivity contribution in [1.29, 1.82) is 0 Å². The summed E-state index contributed by atoms with van der Waals surface area (Å²) in [6.07, 6.45) is 2.01. The molecule has 0 unspecified atom stereocenters. The minimum Gasteiger partial charge on any atom is -0.484 e. The fourth-order valence-corrected chi connectivity index (χ4v) is 3.36. The predicted octanol–water partition coefficient (Wildman–Crippen LogP) is 3.47. The van der Waals surface area contributed by atoms with Crippen molar-refractivity contribution in [2.75, 3.05) is 19.7 Å². The molecule has 1 amide bonds. The molecular formula is C19H24ClN3O2. The van der Waals surface area contributed by atoms with Gasteiger partial charge >= 0.3 is 0 Å². The lowest BCUT2D eigenvalue weighted by molar-refractivity contribution is -0.134. The Kier molecular flexibility index (Phi) is 5.63. The van der Waals surface area contributed by atoms with E-state index >= 15 is 0 Å². The lowest BCUT2D eigenvalue weighted by atomic mass is 9.97. The monoisotopic (exact) mass is 361 g/mol. The number of hydrogen-bond acceptors (Lipinski definition) is 3. The van der Waals surface area contributed by atoms with Crippen LogP contribution in [0.25, 0.3) is 0 Å². The van der Waals surface area contributed by atoms with E-state index in [-0.39, 0.29) is 12.5 Å². The maximum Gasteiger partial charge on any atom is 0.260 e. The molecule has 0 aliphatic carbocycles. The standard InChI is InChI=1S/C19H24ClN3O2/c1-14-11-15(2)23(21-14)12-16-7-9-22(10-8-16)19(24)13-25-18-5-3-17(20)4-6-18/h3-6,11,16H,7-10,12-13H2,1-2H3. The molecule has 0 radical (unpaired) electrons. The Morgan fingerprint density at radius 2 is 1.92 bits per heavy atom. The highest BCUT2D eigenvalue weighted by Crippen LogP contribution is 2.21. The van der Waals surface area contributed by atoms with Gasteiger partial charge in [0.25, 0.3) is 5.91 Å². The van der Waals surface area contributed by atoms with Gasteiger partial charge in [0, 0.05) is 30.4 Å². The summed E-state index contributed by atoms with van der Waals surface area (Å²) in [4.78, 5) is 14.2. The van der Waals surface area contributed by atoms with E-state index in [1.54, 1.807) is 24.3 Å². The highest BCUT2D eigenvalue weighted by molar-refractivity contribution is 6.30. The van der Waals surface area contributed by atoms with Crippen molar-refractivity contribution in [2.45, 2.75) is 33.2 Å². The first-order valence-electron chi connectivity index (χ1n) is 8.68. The average molecular weight is 362 g/mol. The van der Waals surface area contributed by atoms with Gasteiger partial charge in [-0.2, -0.15) is 5.10 Å². The smallest absolute Gasteiger partial charge is 0.260 e. The fourth-order valence-electron chi connectivity index (χ4n) is 3.24. The number of hydrogen-bond donors (Lipinski definition) is 0. The normalized spacial score (nSPS) is 15.4. The van der Waals surface area contributed by atoms with Gasteiger partial charge < -0.3 is 9.64 Å². The van der Waals surface area contributed by atoms with Gasteiger partial charge in [-0.1, -0.05) is 11.6 Å². The van der Waals surface area contributed by atoms with Crippen molar-refractivity contribution in [3.8, 4) is 5.75 Å². The van der Waals surface area contributed by atoms with Crippen LogP contribution < -0.4 is 4.74 Å². The van der Waals surface area contributed by atoms with Crippen molar-refractivity contribution >= 4 is 17.5 Å². The van der Waals surface area contributed by atoms with Crippen molar-refractivity contribution < 1.29 is 9.53 Å². The van der Waals surface area contributed by atoms with Crippen LogP contribution in [0.4, 0.5) is 0 Å². The molecule has 1 fully saturated rings. The maximum atomic E-state index is 12.3. The number of likely N-dealkylation sites (tertiary alicyclic amines) is 1. The molecule has 5 nitrogen and oxygen atoms in total. The summed E-state index contributed by atoms with van der Waals surface area (Å²) in [5, 5.41) is 5.19. The van der Waals surface area contributed by atoms with Crippen LogP contribution in [0.15, 0.2) is 30.3 Å². The minimum absolute atomic E-state index is 0.0412. The highest BCUT2D eigenvalue weighted by Gasteiger charge is 2.23. The molecule has 1 aliphatic rings. The zero-order valence-corrected chi connectivity index (χ0v) is 15.5. The quantitative estimate of drug-likeness (QED) is 0.819. The Morgan fingerprint density at radius 3 is 2.52 bits per heavy atom. The molecule has 0 spiro atoms. The van der Waals surface area contributed by atoms with E-state index < -0.39 is 0 Å². The number of ether oxygens (including phenoxy) is 1. The maximum absolute atomic E-state index is 12.3. The fraction of sp³-hybridized carbons (Fsp3) is 0.474. The van der Waals surface area contributed by atoms with Crippen LogP contribution >= 0.6 is 11.6 Å². The van der Waals surface area contributed by atoms with Gasteiger partial charge in [-0.05, 0) is 62.9 Å². The molecule has 6 heteroatoms. The summed E-state index contributed by atoms with van der Waals surface area (Å²) >= 11 is 5.84. The van der Waals surface area contributed by atoms with Gasteiger partial charge in [0.05, 0.1) is 5.69 Å². The van der Waals surface area contributed by atoms with Crippen LogP contribution in [0.2, 0.25) is 5.02 Å². The summed E-state index contributed by atoms with van der Waals surface area (Å²) in [7, 11) is 0. The second-order valence-electron chi connectivity index (χ2n) is 6.68. The first kappa shape index (κ1) is 17.8. The predicted molar refractivity (Wildman–Crippen MR) is 98.0 cm³/mol. The first-order chi connectivity index (χ1) is 12.0. The number of benzene rings is 1. The lowest BCUT2D eigenvalue weighted by Gasteiger charge is -2.32. The molecule has 3 rings (SSSR count). The Morgan fingerprint density at radius 1 is 1.24 bits per heavy atom. The van der Waals surface area contributed by atoms with Crippen molar-refractivity contribution in [3.05, 3.63) is 46.7 Å². The number of amides is 1. The molecule has 0 atom stereocenters. The summed E-state index contributed by atoms with van der Waals surface area (Å²) < 4.78 is 7.64. The van der Waals surface area contributed by atoms with E-state index in [0.29, 0.717) is 16.7 Å². The van der Waals surface area contributed by atoms with Gasteiger partial charge in [-0.3, -0.25) is 9.48 Å². The van der Waals surface area contributed by atoms with Crippen molar-refractivity contribution in [2.24, 2.45) is 5.92 Å². The molecule has 2 aromatic rings. The zero-order valence-electron chi connectivity index (χ0n) is 14.7. The number of nitrogens with zero attached hydrogens (tertiary/aromatic N) is 3. The van der Waals surface area contributed by atoms with Crippen LogP contribution in [0.5, 0.6) is 5.75 Å². The third-order valence-electron chi connectivity index (χ3n) is 4.68. The molecular weight excluding hydrogens is 338 g/mol. The van der Waals surface area contributed by atoms with Crippen LogP contribution in [0, 0.1) is 19.8 Å². The number of aromatic nitrogens is 2. The summed E-state index contributed by atoms with van der Waals surface area (Å²) in [6, 6.07) is 9.16. The van der Waals surface area contributed by atoms with E-state index in [0.717, 1.165) is 38.2 Å². The van der Waals surface area contributed by atoms with E-state index in [1.165, 1.54) is 5.69 Å². The van der Waals surface area contributed by atoms with Crippen molar-refractivity contribution in [3.63, 3.8) is 0 Å². The third kappa shape index (κ3) is 4.75. The van der Waals surface area contributed by atoms with Crippen LogP contribution in [0.3, 0.4) is 0 Å². The van der Waals surface area contributed by atoms with Crippen molar-refractivity contribution in [1.82, 2.24) is 14.7 Å². The zero-order chi connectivity index (χ0) is 17.8. The van der Waals surface area contributed by atoms with Crippen LogP contribution in [-0.2, 0) is 11.3 Å². The molecule has 1 aliphatic heterocycles. The third-order valence-corrected chi connectivity index (χ3v) is 4.93. The number of carbonyl (C=O) groups is 1. The summed E-state index contributed by atoms with van der Waals surface area (Å²) in [5.41, 5.74) is 2.26.